The SMILES string of the molecule is CCN(CCOC)CC1(CC)CCNC1. The third kappa shape index (κ3) is 3.74. The van der Waals surface area contributed by atoms with Crippen LogP contribution in [-0.4, -0.2) is 51.3 Å². The van der Waals surface area contributed by atoms with E-state index in [1.807, 2.05) is 0 Å². The Balaban J connectivity index is 2.40. The van der Waals surface area contributed by atoms with Crippen molar-refractivity contribution in [3.8, 4) is 0 Å². The van der Waals surface area contributed by atoms with Gasteiger partial charge >= 0.3 is 0 Å². The summed E-state index contributed by atoms with van der Waals surface area (Å²) in [6.45, 7) is 11.2. The third-order valence-corrected chi connectivity index (χ3v) is 3.70. The minimum atomic E-state index is 0.518. The molecule has 3 heteroatoms. The molecule has 3 nitrogen and oxygen atoms in total. The Hall–Kier alpha value is -0.120. The molecule has 0 aromatic rings. The molecule has 0 saturated carbocycles. The van der Waals surface area contributed by atoms with Crippen molar-refractivity contribution < 1.29 is 4.74 Å². The zero-order valence-electron chi connectivity index (χ0n) is 10.5. The molecule has 0 radical (unpaired) electrons. The fourth-order valence-electron chi connectivity index (χ4n) is 2.39. The van der Waals surface area contributed by atoms with Gasteiger partial charge in [-0.15, -0.1) is 0 Å². The maximum absolute atomic E-state index is 5.15. The van der Waals surface area contributed by atoms with Crippen molar-refractivity contribution in [2.75, 3.05) is 46.4 Å². The molecule has 0 aromatic carbocycles. The molecule has 1 aliphatic rings. The lowest BCUT2D eigenvalue weighted by Crippen LogP contribution is -2.40. The molecule has 90 valence electrons. The van der Waals surface area contributed by atoms with Crippen molar-refractivity contribution in [3.63, 3.8) is 0 Å². The molecule has 0 aliphatic carbocycles. The van der Waals surface area contributed by atoms with Crippen LogP contribution in [0.15, 0.2) is 0 Å². The van der Waals surface area contributed by atoms with Crippen LogP contribution in [0.2, 0.25) is 0 Å². The minimum Gasteiger partial charge on any atom is -0.383 e. The molecule has 1 heterocycles. The van der Waals surface area contributed by atoms with Crippen molar-refractivity contribution >= 4 is 0 Å². The number of ether oxygens (including phenoxy) is 1. The monoisotopic (exact) mass is 214 g/mol. The summed E-state index contributed by atoms with van der Waals surface area (Å²) in [5.74, 6) is 0. The van der Waals surface area contributed by atoms with Gasteiger partial charge < -0.3 is 15.0 Å². The number of hydrogen-bond donors (Lipinski definition) is 1. The largest absolute Gasteiger partial charge is 0.383 e. The van der Waals surface area contributed by atoms with Crippen LogP contribution in [-0.2, 0) is 4.74 Å². The highest BCUT2D eigenvalue weighted by molar-refractivity contribution is 4.89. The van der Waals surface area contributed by atoms with E-state index in [9.17, 15) is 0 Å². The van der Waals surface area contributed by atoms with E-state index in [1.54, 1.807) is 7.11 Å². The van der Waals surface area contributed by atoms with E-state index in [0.29, 0.717) is 5.41 Å². The van der Waals surface area contributed by atoms with Crippen LogP contribution in [0.4, 0.5) is 0 Å². The number of rotatable bonds is 7. The average Bonchev–Trinajstić information content (AvgIpc) is 2.73. The highest BCUT2D eigenvalue weighted by atomic mass is 16.5. The topological polar surface area (TPSA) is 24.5 Å². The highest BCUT2D eigenvalue weighted by Crippen LogP contribution is 2.30. The average molecular weight is 214 g/mol. The molecule has 15 heavy (non-hydrogen) atoms. The van der Waals surface area contributed by atoms with Crippen LogP contribution in [0.5, 0.6) is 0 Å². The Labute approximate surface area is 94.2 Å². The van der Waals surface area contributed by atoms with Gasteiger partial charge in [0, 0.05) is 26.7 Å². The summed E-state index contributed by atoms with van der Waals surface area (Å²) in [7, 11) is 1.78. The number of nitrogens with zero attached hydrogens (tertiary/aromatic N) is 1. The fraction of sp³-hybridized carbons (Fsp3) is 1.00. The molecule has 0 aromatic heterocycles. The predicted octanol–water partition coefficient (Wildman–Crippen LogP) is 1.34. The molecule has 1 rings (SSSR count). The first kappa shape index (κ1) is 12.9. The van der Waals surface area contributed by atoms with E-state index >= 15 is 0 Å². The third-order valence-electron chi connectivity index (χ3n) is 3.70. The molecule has 1 aliphatic heterocycles. The van der Waals surface area contributed by atoms with E-state index in [1.165, 1.54) is 32.5 Å². The normalized spacial score (nSPS) is 26.4. The molecule has 0 bridgehead atoms. The van der Waals surface area contributed by atoms with Gasteiger partial charge in [0.1, 0.15) is 0 Å². The van der Waals surface area contributed by atoms with Crippen LogP contribution in [0.25, 0.3) is 0 Å². The molecule has 1 fully saturated rings. The van der Waals surface area contributed by atoms with Crippen molar-refractivity contribution in [2.45, 2.75) is 26.7 Å². The van der Waals surface area contributed by atoms with Gasteiger partial charge in [-0.1, -0.05) is 13.8 Å². The molecular formula is C12H26N2O. The second-order valence-corrected chi connectivity index (χ2v) is 4.64. The van der Waals surface area contributed by atoms with Crippen LogP contribution < -0.4 is 5.32 Å². The van der Waals surface area contributed by atoms with Crippen LogP contribution in [0.3, 0.4) is 0 Å². The number of likely N-dealkylation sites (N-methyl/N-ethyl adjacent to an activating group) is 1. The van der Waals surface area contributed by atoms with Gasteiger partial charge in [-0.3, -0.25) is 0 Å². The Bertz CT molecular complexity index is 167. The quantitative estimate of drug-likeness (QED) is 0.692. The zero-order chi connectivity index (χ0) is 11.1. The summed E-state index contributed by atoms with van der Waals surface area (Å²) in [5.41, 5.74) is 0.518. The number of nitrogens with one attached hydrogen (secondary N) is 1. The summed E-state index contributed by atoms with van der Waals surface area (Å²) in [6, 6.07) is 0. The number of methoxy groups -OCH3 is 1. The summed E-state index contributed by atoms with van der Waals surface area (Å²) in [4.78, 5) is 2.51. The van der Waals surface area contributed by atoms with Crippen LogP contribution in [0.1, 0.15) is 26.7 Å². The second-order valence-electron chi connectivity index (χ2n) is 4.64. The van der Waals surface area contributed by atoms with Crippen molar-refractivity contribution in [2.24, 2.45) is 5.41 Å². The molecule has 1 atom stereocenters. The van der Waals surface area contributed by atoms with Gasteiger partial charge in [0.25, 0.3) is 0 Å². The molecular weight excluding hydrogens is 188 g/mol. The van der Waals surface area contributed by atoms with E-state index in [0.717, 1.165) is 19.7 Å². The molecule has 0 amide bonds. The van der Waals surface area contributed by atoms with Gasteiger partial charge in [0.05, 0.1) is 6.61 Å². The van der Waals surface area contributed by atoms with Gasteiger partial charge in [-0.25, -0.2) is 0 Å². The first-order valence-corrected chi connectivity index (χ1v) is 6.18. The molecule has 1 saturated heterocycles. The summed E-state index contributed by atoms with van der Waals surface area (Å²) in [6.07, 6.45) is 2.61. The highest BCUT2D eigenvalue weighted by Gasteiger charge is 2.33. The lowest BCUT2D eigenvalue weighted by atomic mass is 9.83. The summed E-state index contributed by atoms with van der Waals surface area (Å²) >= 11 is 0. The smallest absolute Gasteiger partial charge is 0.0589 e. The molecule has 1 N–H and O–H groups in total. The van der Waals surface area contributed by atoms with Crippen molar-refractivity contribution in [1.82, 2.24) is 10.2 Å². The standard InChI is InChI=1S/C12H26N2O/c1-4-12(6-7-13-10-12)11-14(5-2)8-9-15-3/h13H,4-11H2,1-3H3. The molecule has 1 unspecified atom stereocenters. The Morgan fingerprint density at radius 2 is 2.20 bits per heavy atom. The first-order valence-electron chi connectivity index (χ1n) is 6.18. The van der Waals surface area contributed by atoms with E-state index in [2.05, 4.69) is 24.1 Å². The Morgan fingerprint density at radius 3 is 2.67 bits per heavy atom. The van der Waals surface area contributed by atoms with Gasteiger partial charge in [-0.05, 0) is 31.3 Å². The second kappa shape index (κ2) is 6.46. The van der Waals surface area contributed by atoms with E-state index in [-0.39, 0.29) is 0 Å². The lowest BCUT2D eigenvalue weighted by Gasteiger charge is -2.33. The fourth-order valence-corrected chi connectivity index (χ4v) is 2.39. The minimum absolute atomic E-state index is 0.518. The van der Waals surface area contributed by atoms with E-state index < -0.39 is 0 Å². The maximum Gasteiger partial charge on any atom is 0.0589 e. The Morgan fingerprint density at radius 1 is 1.40 bits per heavy atom. The van der Waals surface area contributed by atoms with Crippen LogP contribution in [0, 0.1) is 5.41 Å². The molecule has 0 spiro atoms. The number of hydrogen-bond acceptors (Lipinski definition) is 3. The van der Waals surface area contributed by atoms with Crippen LogP contribution >= 0.6 is 0 Å². The van der Waals surface area contributed by atoms with Crippen molar-refractivity contribution in [3.05, 3.63) is 0 Å². The first-order chi connectivity index (χ1) is 7.26. The van der Waals surface area contributed by atoms with Gasteiger partial charge in [0.2, 0.25) is 0 Å². The summed E-state index contributed by atoms with van der Waals surface area (Å²) < 4.78 is 5.15. The van der Waals surface area contributed by atoms with Crippen molar-refractivity contribution in [1.29, 1.82) is 0 Å². The van der Waals surface area contributed by atoms with Gasteiger partial charge in [0.15, 0.2) is 0 Å². The predicted molar refractivity (Wildman–Crippen MR) is 64.2 cm³/mol. The van der Waals surface area contributed by atoms with E-state index in [4.69, 9.17) is 4.74 Å². The lowest BCUT2D eigenvalue weighted by molar-refractivity contribution is 0.114. The maximum atomic E-state index is 5.15. The zero-order valence-corrected chi connectivity index (χ0v) is 10.5. The Kier molecular flexibility index (Phi) is 5.58. The van der Waals surface area contributed by atoms with Gasteiger partial charge in [-0.2, -0.15) is 0 Å². The summed E-state index contributed by atoms with van der Waals surface area (Å²) in [5, 5.41) is 3.49.